The van der Waals surface area contributed by atoms with Gasteiger partial charge in [-0.25, -0.2) is 8.42 Å². The first-order chi connectivity index (χ1) is 19.9. The molecule has 0 bridgehead atoms. The van der Waals surface area contributed by atoms with E-state index in [1.54, 1.807) is 43.3 Å². The molecule has 7 nitrogen and oxygen atoms in total. The second-order valence-electron chi connectivity index (χ2n) is 10.6. The Labute approximate surface area is 262 Å². The Hall–Kier alpha value is -2.78. The predicted molar refractivity (Wildman–Crippen MR) is 170 cm³/mol. The maximum Gasteiger partial charge on any atom is 0.244 e. The molecule has 3 aromatic rings. The molecule has 1 atom stereocenters. The Balaban J connectivity index is 1.77. The minimum atomic E-state index is -3.91. The molecule has 1 fully saturated rings. The van der Waals surface area contributed by atoms with Gasteiger partial charge in [0, 0.05) is 34.1 Å². The van der Waals surface area contributed by atoms with Crippen molar-refractivity contribution in [2.45, 2.75) is 57.7 Å². The molecule has 0 saturated heterocycles. The van der Waals surface area contributed by atoms with Gasteiger partial charge < -0.3 is 10.2 Å². The van der Waals surface area contributed by atoms with Crippen molar-refractivity contribution in [3.63, 3.8) is 0 Å². The minimum Gasteiger partial charge on any atom is -0.352 e. The summed E-state index contributed by atoms with van der Waals surface area (Å²) in [5.74, 6) is -0.859. The lowest BCUT2D eigenvalue weighted by atomic mass is 10.0. The summed E-state index contributed by atoms with van der Waals surface area (Å²) in [5.41, 5.74) is 2.24. The van der Waals surface area contributed by atoms with Crippen molar-refractivity contribution >= 4 is 62.3 Å². The standard InChI is InChI=1S/C31H34Cl3N3O4S/c1-21-26(33)13-8-14-28(21)37(42(2,40)41)20-30(38)36(19-23-15-16-24(32)18-27(23)34)29(17-22-9-4-3-5-10-22)31(39)35-25-11-6-7-12-25/h3-5,8-10,13-16,18,25,29H,6-7,11-12,17,19-20H2,1-2H3,(H,35,39)/t29-/m1/s1. The molecule has 1 saturated carbocycles. The third kappa shape index (κ3) is 8.19. The van der Waals surface area contributed by atoms with Crippen molar-refractivity contribution < 1.29 is 18.0 Å². The molecule has 0 unspecified atom stereocenters. The van der Waals surface area contributed by atoms with Gasteiger partial charge in [-0.1, -0.05) is 90.1 Å². The highest BCUT2D eigenvalue weighted by molar-refractivity contribution is 7.92. The lowest BCUT2D eigenvalue weighted by Gasteiger charge is -2.34. The zero-order valence-electron chi connectivity index (χ0n) is 23.5. The first-order valence-electron chi connectivity index (χ1n) is 13.7. The smallest absolute Gasteiger partial charge is 0.244 e. The molecule has 0 aromatic heterocycles. The molecule has 0 aliphatic heterocycles. The molecule has 42 heavy (non-hydrogen) atoms. The molecule has 1 aliphatic carbocycles. The highest BCUT2D eigenvalue weighted by Crippen LogP contribution is 2.29. The lowest BCUT2D eigenvalue weighted by Crippen LogP contribution is -2.54. The van der Waals surface area contributed by atoms with Crippen molar-refractivity contribution in [3.8, 4) is 0 Å². The first kappa shape index (κ1) is 32.1. The van der Waals surface area contributed by atoms with E-state index < -0.39 is 28.5 Å². The summed E-state index contributed by atoms with van der Waals surface area (Å²) in [6.45, 7) is 1.13. The van der Waals surface area contributed by atoms with E-state index in [0.717, 1.165) is 41.8 Å². The second kappa shape index (κ2) is 14.1. The maximum absolute atomic E-state index is 14.3. The van der Waals surface area contributed by atoms with Crippen molar-refractivity contribution in [2.75, 3.05) is 17.1 Å². The van der Waals surface area contributed by atoms with Gasteiger partial charge in [0.25, 0.3) is 0 Å². The molecule has 2 amide bonds. The monoisotopic (exact) mass is 649 g/mol. The van der Waals surface area contributed by atoms with Crippen LogP contribution in [0.4, 0.5) is 5.69 Å². The van der Waals surface area contributed by atoms with Crippen LogP contribution < -0.4 is 9.62 Å². The minimum absolute atomic E-state index is 0.0217. The van der Waals surface area contributed by atoms with Crippen molar-refractivity contribution in [2.24, 2.45) is 0 Å². The number of amides is 2. The first-order valence-corrected chi connectivity index (χ1v) is 16.7. The van der Waals surface area contributed by atoms with Crippen LogP contribution in [-0.4, -0.2) is 50.0 Å². The summed E-state index contributed by atoms with van der Waals surface area (Å²) in [4.78, 5) is 29.6. The summed E-state index contributed by atoms with van der Waals surface area (Å²) >= 11 is 19.0. The normalized spacial score (nSPS) is 14.4. The fourth-order valence-corrected chi connectivity index (χ4v) is 6.75. The van der Waals surface area contributed by atoms with Gasteiger partial charge in [-0.05, 0) is 60.7 Å². The van der Waals surface area contributed by atoms with E-state index in [1.807, 2.05) is 30.3 Å². The molecule has 0 spiro atoms. The van der Waals surface area contributed by atoms with Gasteiger partial charge in [0.2, 0.25) is 21.8 Å². The highest BCUT2D eigenvalue weighted by atomic mass is 35.5. The molecule has 11 heteroatoms. The Bertz CT molecular complexity index is 1530. The molecule has 1 N–H and O–H groups in total. The van der Waals surface area contributed by atoms with Crippen LogP contribution in [0.5, 0.6) is 0 Å². The number of nitrogens with zero attached hydrogens (tertiary/aromatic N) is 2. The van der Waals surface area contributed by atoms with E-state index >= 15 is 0 Å². The fraction of sp³-hybridized carbons (Fsp3) is 0.355. The van der Waals surface area contributed by atoms with Crippen LogP contribution in [0.3, 0.4) is 0 Å². The summed E-state index contributed by atoms with van der Waals surface area (Å²) < 4.78 is 27.1. The van der Waals surface area contributed by atoms with Crippen molar-refractivity contribution in [1.29, 1.82) is 0 Å². The number of anilines is 1. The summed E-state index contributed by atoms with van der Waals surface area (Å²) in [6.07, 6.45) is 5.06. The van der Waals surface area contributed by atoms with Crippen LogP contribution in [0.1, 0.15) is 42.4 Å². The van der Waals surface area contributed by atoms with Crippen molar-refractivity contribution in [1.82, 2.24) is 10.2 Å². The van der Waals surface area contributed by atoms with Gasteiger partial charge in [-0.15, -0.1) is 0 Å². The number of carbonyl (C=O) groups is 2. The van der Waals surface area contributed by atoms with Gasteiger partial charge in [0.1, 0.15) is 12.6 Å². The third-order valence-electron chi connectivity index (χ3n) is 7.52. The van der Waals surface area contributed by atoms with Crippen LogP contribution in [0, 0.1) is 6.92 Å². The largest absolute Gasteiger partial charge is 0.352 e. The number of hydrogen-bond acceptors (Lipinski definition) is 4. The number of hydrogen-bond donors (Lipinski definition) is 1. The quantitative estimate of drug-likeness (QED) is 0.260. The van der Waals surface area contributed by atoms with Crippen LogP contribution in [-0.2, 0) is 32.6 Å². The van der Waals surface area contributed by atoms with Gasteiger partial charge in [-0.3, -0.25) is 13.9 Å². The second-order valence-corrected chi connectivity index (χ2v) is 13.8. The number of sulfonamides is 1. The summed E-state index contributed by atoms with van der Waals surface area (Å²) in [7, 11) is -3.91. The van der Waals surface area contributed by atoms with Crippen LogP contribution >= 0.6 is 34.8 Å². The molecular formula is C31H34Cl3N3O4S. The molecule has 0 radical (unpaired) electrons. The van der Waals surface area contributed by atoms with Gasteiger partial charge in [0.05, 0.1) is 11.9 Å². The zero-order chi connectivity index (χ0) is 30.4. The molecule has 4 rings (SSSR count). The predicted octanol–water partition coefficient (Wildman–Crippen LogP) is 6.42. The Morgan fingerprint density at radius 2 is 1.64 bits per heavy atom. The van der Waals surface area contributed by atoms with E-state index in [9.17, 15) is 18.0 Å². The van der Waals surface area contributed by atoms with E-state index in [-0.39, 0.29) is 30.6 Å². The van der Waals surface area contributed by atoms with E-state index in [0.29, 0.717) is 26.2 Å². The van der Waals surface area contributed by atoms with Crippen LogP contribution in [0.15, 0.2) is 66.7 Å². The zero-order valence-corrected chi connectivity index (χ0v) is 26.6. The fourth-order valence-electron chi connectivity index (χ4n) is 5.22. The average Bonchev–Trinajstić information content (AvgIpc) is 3.45. The Kier molecular flexibility index (Phi) is 10.8. The molecular weight excluding hydrogens is 617 g/mol. The van der Waals surface area contributed by atoms with E-state index in [2.05, 4.69) is 5.32 Å². The summed E-state index contributed by atoms with van der Waals surface area (Å²) in [5, 5.41) is 4.28. The number of halogens is 3. The van der Waals surface area contributed by atoms with Gasteiger partial charge in [-0.2, -0.15) is 0 Å². The van der Waals surface area contributed by atoms with E-state index in [4.69, 9.17) is 34.8 Å². The molecule has 0 heterocycles. The topological polar surface area (TPSA) is 86.8 Å². The maximum atomic E-state index is 14.3. The third-order valence-corrected chi connectivity index (χ3v) is 9.64. The molecule has 224 valence electrons. The highest BCUT2D eigenvalue weighted by Gasteiger charge is 2.35. The average molecular weight is 651 g/mol. The number of benzene rings is 3. The van der Waals surface area contributed by atoms with Crippen molar-refractivity contribution in [3.05, 3.63) is 98.5 Å². The summed E-state index contributed by atoms with van der Waals surface area (Å²) in [6, 6.07) is 18.3. The lowest BCUT2D eigenvalue weighted by molar-refractivity contribution is -0.140. The Morgan fingerprint density at radius 1 is 0.952 bits per heavy atom. The number of rotatable bonds is 11. The van der Waals surface area contributed by atoms with Crippen LogP contribution in [0.2, 0.25) is 15.1 Å². The SMILES string of the molecule is Cc1c(Cl)cccc1N(CC(=O)N(Cc1ccc(Cl)cc1Cl)[C@H](Cc1ccccc1)C(=O)NC1CCCC1)S(C)(=O)=O. The molecule has 1 aliphatic rings. The molecule has 3 aromatic carbocycles. The number of carbonyl (C=O) groups excluding carboxylic acids is 2. The van der Waals surface area contributed by atoms with Gasteiger partial charge in [0.15, 0.2) is 0 Å². The van der Waals surface area contributed by atoms with E-state index in [1.165, 1.54) is 4.90 Å². The Morgan fingerprint density at radius 3 is 2.29 bits per heavy atom. The van der Waals surface area contributed by atoms with Gasteiger partial charge >= 0.3 is 0 Å². The number of nitrogens with one attached hydrogen (secondary N) is 1. The van der Waals surface area contributed by atoms with Crippen LogP contribution in [0.25, 0.3) is 0 Å².